The Kier molecular flexibility index (Phi) is 12.0. The maximum Gasteiger partial charge on any atom is 0.127 e. The monoisotopic (exact) mass is 614 g/mol. The second kappa shape index (κ2) is 15.9. The maximum absolute atomic E-state index is 16.8. The molecule has 0 saturated heterocycles. The molecule has 0 saturated carbocycles. The summed E-state index contributed by atoms with van der Waals surface area (Å²) in [7, 11) is -3.41. The first-order chi connectivity index (χ1) is 21.4. The van der Waals surface area contributed by atoms with Crippen LogP contribution in [0.1, 0.15) is 75.1 Å². The normalized spacial score (nSPS) is 14.0. The third-order valence-corrected chi connectivity index (χ3v) is 11.7. The van der Waals surface area contributed by atoms with Crippen molar-refractivity contribution in [1.82, 2.24) is 0 Å². The number of hydrogen-bond acceptors (Lipinski definition) is 5. The van der Waals surface area contributed by atoms with Crippen LogP contribution in [0, 0.1) is 5.92 Å². The molecule has 0 fully saturated rings. The van der Waals surface area contributed by atoms with E-state index in [-0.39, 0.29) is 5.92 Å². The van der Waals surface area contributed by atoms with Crippen molar-refractivity contribution in [2.24, 2.45) is 5.92 Å². The van der Waals surface area contributed by atoms with Crippen LogP contribution in [0.5, 0.6) is 23.0 Å². The molecule has 5 nitrogen and oxygen atoms in total. The highest BCUT2D eigenvalue weighted by Crippen LogP contribution is 2.76. The predicted molar refractivity (Wildman–Crippen MR) is 181 cm³/mol. The van der Waals surface area contributed by atoms with E-state index in [0.717, 1.165) is 22.3 Å². The first-order valence-electron chi connectivity index (χ1n) is 15.8. The molecule has 4 aromatic carbocycles. The van der Waals surface area contributed by atoms with Crippen molar-refractivity contribution >= 4 is 7.14 Å². The van der Waals surface area contributed by atoms with Gasteiger partial charge in [0.15, 0.2) is 0 Å². The third-order valence-electron chi connectivity index (χ3n) is 7.55. The van der Waals surface area contributed by atoms with Crippen molar-refractivity contribution < 1.29 is 23.5 Å². The van der Waals surface area contributed by atoms with Crippen LogP contribution in [0.4, 0.5) is 0 Å². The van der Waals surface area contributed by atoms with E-state index >= 15 is 4.57 Å². The summed E-state index contributed by atoms with van der Waals surface area (Å²) in [5, 5.41) is 0. The highest BCUT2D eigenvalue weighted by Gasteiger charge is 2.48. The molecule has 0 bridgehead atoms. The van der Waals surface area contributed by atoms with Gasteiger partial charge < -0.3 is 23.5 Å². The van der Waals surface area contributed by atoms with Gasteiger partial charge in [-0.1, -0.05) is 86.6 Å². The fourth-order valence-corrected chi connectivity index (χ4v) is 10.8. The Morgan fingerprint density at radius 1 is 0.500 bits per heavy atom. The van der Waals surface area contributed by atoms with Crippen molar-refractivity contribution in [2.45, 2.75) is 52.9 Å². The summed E-state index contributed by atoms with van der Waals surface area (Å²) in [5.74, 6) is 2.87. The Labute approximate surface area is 263 Å². The second-order valence-electron chi connectivity index (χ2n) is 11.1. The molecule has 44 heavy (non-hydrogen) atoms. The van der Waals surface area contributed by atoms with Crippen LogP contribution in [0.25, 0.3) is 0 Å². The van der Waals surface area contributed by atoms with Gasteiger partial charge in [-0.15, -0.1) is 0 Å². The number of ether oxygens (including phenoxy) is 4. The average Bonchev–Trinajstić information content (AvgIpc) is 3.01. The molecule has 0 N–H and O–H groups in total. The Hall–Kier alpha value is -3.69. The smallest absolute Gasteiger partial charge is 0.127 e. The number of benzene rings is 4. The minimum absolute atomic E-state index is 0.128. The molecule has 2 unspecified atom stereocenters. The van der Waals surface area contributed by atoms with Crippen LogP contribution in [0.3, 0.4) is 0 Å². The van der Waals surface area contributed by atoms with Crippen LogP contribution in [-0.2, 0) is 4.57 Å². The minimum Gasteiger partial charge on any atom is -0.493 e. The van der Waals surface area contributed by atoms with Crippen LogP contribution in [0.2, 0.25) is 0 Å². The zero-order valence-corrected chi connectivity index (χ0v) is 27.9. The Morgan fingerprint density at radius 3 is 1.09 bits per heavy atom. The van der Waals surface area contributed by atoms with Gasteiger partial charge in [-0.25, -0.2) is 0 Å². The van der Waals surface area contributed by atoms with E-state index in [9.17, 15) is 0 Å². The molecular weight excluding hydrogens is 567 g/mol. The van der Waals surface area contributed by atoms with Crippen molar-refractivity contribution in [3.05, 3.63) is 119 Å². The summed E-state index contributed by atoms with van der Waals surface area (Å²) in [4.78, 5) is 0. The zero-order chi connectivity index (χ0) is 31.5. The van der Waals surface area contributed by atoms with Gasteiger partial charge in [0.05, 0.1) is 48.9 Å². The highest BCUT2D eigenvalue weighted by molar-refractivity contribution is 7.65. The molecule has 0 spiro atoms. The lowest BCUT2D eigenvalue weighted by Crippen LogP contribution is -2.19. The minimum atomic E-state index is -3.41. The summed E-state index contributed by atoms with van der Waals surface area (Å²) in [6.45, 7) is 14.1. The number of hydrogen-bond donors (Lipinski definition) is 0. The first kappa shape index (κ1) is 33.2. The third kappa shape index (κ3) is 7.33. The van der Waals surface area contributed by atoms with Crippen molar-refractivity contribution in [3.8, 4) is 23.0 Å². The summed E-state index contributed by atoms with van der Waals surface area (Å²) in [6.07, 6.45) is 0.476. The SMILES string of the molecule is CCOc1cccc(OCC)c1C(c1ccccc1)P(=O)(CC(C)C)C(c1ccccc1)c1c(OCC)cccc1OCC. The lowest BCUT2D eigenvalue weighted by molar-refractivity contribution is 0.315. The van der Waals surface area contributed by atoms with Crippen LogP contribution < -0.4 is 18.9 Å². The summed E-state index contributed by atoms with van der Waals surface area (Å²) in [6, 6.07) is 32.1. The summed E-state index contributed by atoms with van der Waals surface area (Å²) >= 11 is 0. The molecule has 0 aliphatic carbocycles. The standard InChI is InChI=1S/C38H47O5P/c1-7-40-31-23-17-24-32(41-8-2)35(31)37(29-19-13-11-14-20-29)44(39,27-28(5)6)38(30-21-15-12-16-22-30)36-33(42-9-3)25-18-26-34(36)43-10-4/h11-26,28,37-38H,7-10,27H2,1-6H3. The quantitative estimate of drug-likeness (QED) is 0.118. The van der Waals surface area contributed by atoms with Crippen molar-refractivity contribution in [2.75, 3.05) is 32.6 Å². The van der Waals surface area contributed by atoms with Crippen LogP contribution in [0.15, 0.2) is 97.1 Å². The molecule has 2 atom stereocenters. The maximum atomic E-state index is 16.8. The van der Waals surface area contributed by atoms with Crippen molar-refractivity contribution in [1.29, 1.82) is 0 Å². The first-order valence-corrected chi connectivity index (χ1v) is 17.9. The van der Waals surface area contributed by atoms with Gasteiger partial charge in [-0.2, -0.15) is 0 Å². The largest absolute Gasteiger partial charge is 0.493 e. The van der Waals surface area contributed by atoms with E-state index in [4.69, 9.17) is 18.9 Å². The summed E-state index contributed by atoms with van der Waals surface area (Å²) < 4.78 is 42.0. The molecule has 4 rings (SSSR count). The van der Waals surface area contributed by atoms with E-state index < -0.39 is 18.5 Å². The fraction of sp³-hybridized carbons (Fsp3) is 0.368. The van der Waals surface area contributed by atoms with E-state index in [1.165, 1.54) is 0 Å². The Bertz CT molecular complexity index is 1350. The topological polar surface area (TPSA) is 54.0 Å². The molecule has 234 valence electrons. The predicted octanol–water partition coefficient (Wildman–Crippen LogP) is 10.2. The molecule has 0 aromatic heterocycles. The van der Waals surface area contributed by atoms with Crippen molar-refractivity contribution in [3.63, 3.8) is 0 Å². The fourth-order valence-electron chi connectivity index (χ4n) is 6.19. The van der Waals surface area contributed by atoms with Gasteiger partial charge in [-0.05, 0) is 69.0 Å². The Morgan fingerprint density at radius 2 is 0.818 bits per heavy atom. The van der Waals surface area contributed by atoms with E-state index in [1.54, 1.807) is 0 Å². The van der Waals surface area contributed by atoms with Gasteiger partial charge in [0, 0.05) is 6.16 Å². The average molecular weight is 615 g/mol. The van der Waals surface area contributed by atoms with E-state index in [1.807, 2.05) is 100 Å². The molecule has 6 heteroatoms. The molecule has 0 heterocycles. The highest BCUT2D eigenvalue weighted by atomic mass is 31.2. The second-order valence-corrected chi connectivity index (χ2v) is 14.2. The zero-order valence-electron chi connectivity index (χ0n) is 27.0. The van der Waals surface area contributed by atoms with E-state index in [0.29, 0.717) is 55.6 Å². The molecular formula is C38H47O5P. The molecule has 0 radical (unpaired) electrons. The Balaban J connectivity index is 2.19. The van der Waals surface area contributed by atoms with Crippen LogP contribution in [-0.4, -0.2) is 32.6 Å². The number of rotatable bonds is 16. The van der Waals surface area contributed by atoms with Gasteiger partial charge in [0.25, 0.3) is 0 Å². The van der Waals surface area contributed by atoms with Crippen LogP contribution >= 0.6 is 7.14 Å². The van der Waals surface area contributed by atoms with Gasteiger partial charge in [0.1, 0.15) is 30.1 Å². The lowest BCUT2D eigenvalue weighted by atomic mass is 10.0. The molecule has 0 aliphatic rings. The molecule has 0 amide bonds. The van der Waals surface area contributed by atoms with Gasteiger partial charge >= 0.3 is 0 Å². The molecule has 0 aliphatic heterocycles. The molecule has 4 aromatic rings. The van der Waals surface area contributed by atoms with E-state index in [2.05, 4.69) is 38.1 Å². The van der Waals surface area contributed by atoms with Gasteiger partial charge in [-0.3, -0.25) is 0 Å². The van der Waals surface area contributed by atoms with Gasteiger partial charge in [0.2, 0.25) is 0 Å². The summed E-state index contributed by atoms with van der Waals surface area (Å²) in [5.41, 5.74) is 2.47. The lowest BCUT2D eigenvalue weighted by Gasteiger charge is -2.39.